The van der Waals surface area contributed by atoms with E-state index in [9.17, 15) is 4.79 Å². The van der Waals surface area contributed by atoms with Crippen molar-refractivity contribution in [3.63, 3.8) is 0 Å². The number of carbonyl (C=O) groups is 1. The molecule has 0 aliphatic heterocycles. The number of anilines is 1. The minimum absolute atomic E-state index is 0. The van der Waals surface area contributed by atoms with E-state index in [0.717, 1.165) is 6.42 Å². The van der Waals surface area contributed by atoms with Crippen molar-refractivity contribution in [1.29, 1.82) is 0 Å². The van der Waals surface area contributed by atoms with Gasteiger partial charge in [0.1, 0.15) is 6.61 Å². The predicted molar refractivity (Wildman–Crippen MR) is 83.8 cm³/mol. The number of nitrogens with two attached hydrogens (primary N) is 1. The first-order valence-electron chi connectivity index (χ1n) is 6.00. The number of carbonyl (C=O) groups excluding carboxylic acids is 1. The van der Waals surface area contributed by atoms with Gasteiger partial charge in [-0.1, -0.05) is 6.92 Å². The highest BCUT2D eigenvalue weighted by atomic mass is 79.9. The van der Waals surface area contributed by atoms with Gasteiger partial charge in [-0.05, 0) is 47.5 Å². The lowest BCUT2D eigenvalue weighted by Gasteiger charge is -2.11. The summed E-state index contributed by atoms with van der Waals surface area (Å²) in [6, 6.07) is 5.46. The van der Waals surface area contributed by atoms with Crippen molar-refractivity contribution in [2.45, 2.75) is 26.3 Å². The molecule has 1 aromatic rings. The van der Waals surface area contributed by atoms with E-state index < -0.39 is 0 Å². The maximum atomic E-state index is 11.8. The van der Waals surface area contributed by atoms with Crippen LogP contribution in [0.2, 0.25) is 0 Å². The van der Waals surface area contributed by atoms with E-state index in [-0.39, 0.29) is 18.4 Å². The van der Waals surface area contributed by atoms with E-state index in [0.29, 0.717) is 34.9 Å². The third kappa shape index (κ3) is 6.27. The Labute approximate surface area is 128 Å². The highest BCUT2D eigenvalue weighted by molar-refractivity contribution is 9.10. The zero-order chi connectivity index (χ0) is 13.5. The molecule has 0 saturated carbocycles. The Hall–Kier alpha value is -0.780. The van der Waals surface area contributed by atoms with Crippen molar-refractivity contribution in [3.05, 3.63) is 28.2 Å². The number of ether oxygens (including phenoxy) is 1. The maximum absolute atomic E-state index is 11.8. The summed E-state index contributed by atoms with van der Waals surface area (Å²) >= 11 is 3.29. The summed E-state index contributed by atoms with van der Waals surface area (Å²) in [5.41, 5.74) is 6.71. The summed E-state index contributed by atoms with van der Waals surface area (Å²) in [4.78, 5) is 11.8. The predicted octanol–water partition coefficient (Wildman–Crippen LogP) is 3.00. The first-order valence-corrected chi connectivity index (χ1v) is 6.79. The topological polar surface area (TPSA) is 64.3 Å². The van der Waals surface area contributed by atoms with Crippen molar-refractivity contribution < 1.29 is 9.53 Å². The third-order valence-electron chi connectivity index (χ3n) is 2.65. The molecule has 0 aromatic heterocycles. The Morgan fingerprint density at radius 2 is 2.21 bits per heavy atom. The van der Waals surface area contributed by atoms with Crippen LogP contribution in [0.15, 0.2) is 22.7 Å². The minimum atomic E-state index is -0.340. The second-order valence-electron chi connectivity index (χ2n) is 4.14. The van der Waals surface area contributed by atoms with Crippen LogP contribution in [0, 0.1) is 0 Å². The van der Waals surface area contributed by atoms with Gasteiger partial charge in [-0.2, -0.15) is 0 Å². The highest BCUT2D eigenvalue weighted by Gasteiger charge is 2.11. The molecular formula is C13H20BrClN2O2. The molecular weight excluding hydrogens is 332 g/mol. The fourth-order valence-corrected chi connectivity index (χ4v) is 1.93. The van der Waals surface area contributed by atoms with Crippen LogP contribution >= 0.6 is 28.3 Å². The van der Waals surface area contributed by atoms with Gasteiger partial charge in [0.05, 0.1) is 5.56 Å². The van der Waals surface area contributed by atoms with Gasteiger partial charge in [0.15, 0.2) is 0 Å². The van der Waals surface area contributed by atoms with E-state index in [1.807, 2.05) is 0 Å². The summed E-state index contributed by atoms with van der Waals surface area (Å²) in [6.45, 7) is 5.22. The molecule has 0 saturated heterocycles. The van der Waals surface area contributed by atoms with Crippen molar-refractivity contribution in [3.8, 4) is 0 Å². The molecule has 1 unspecified atom stereocenters. The van der Waals surface area contributed by atoms with Crippen LogP contribution < -0.4 is 11.1 Å². The van der Waals surface area contributed by atoms with Crippen LogP contribution in [-0.2, 0) is 4.74 Å². The molecule has 0 fully saturated rings. The smallest absolute Gasteiger partial charge is 0.339 e. The first-order chi connectivity index (χ1) is 8.54. The molecule has 0 heterocycles. The number of rotatable bonds is 6. The SMILES string of the molecule is CCC(C)NCCOC(=O)c1ccc(N)cc1Br.Cl. The first kappa shape index (κ1) is 18.2. The quantitative estimate of drug-likeness (QED) is 0.470. The molecule has 1 aromatic carbocycles. The van der Waals surface area contributed by atoms with E-state index in [4.69, 9.17) is 10.5 Å². The number of hydrogen-bond donors (Lipinski definition) is 2. The Bertz CT molecular complexity index is 416. The number of nitrogens with one attached hydrogen (secondary N) is 1. The fourth-order valence-electron chi connectivity index (χ4n) is 1.37. The molecule has 0 amide bonds. The summed E-state index contributed by atoms with van der Waals surface area (Å²) in [5.74, 6) is -0.340. The van der Waals surface area contributed by atoms with Crippen molar-refractivity contribution in [1.82, 2.24) is 5.32 Å². The fraction of sp³-hybridized carbons (Fsp3) is 0.462. The second-order valence-corrected chi connectivity index (χ2v) is 4.99. The normalized spacial score (nSPS) is 11.5. The van der Waals surface area contributed by atoms with E-state index in [1.54, 1.807) is 18.2 Å². The Balaban J connectivity index is 0.00000324. The molecule has 0 bridgehead atoms. The Kier molecular flexibility index (Phi) is 8.80. The molecule has 0 spiro atoms. The lowest BCUT2D eigenvalue weighted by Crippen LogP contribution is -2.29. The van der Waals surface area contributed by atoms with Crippen molar-refractivity contribution in [2.24, 2.45) is 0 Å². The lowest BCUT2D eigenvalue weighted by atomic mass is 10.2. The monoisotopic (exact) mass is 350 g/mol. The summed E-state index contributed by atoms with van der Waals surface area (Å²) < 4.78 is 5.83. The molecule has 0 aliphatic carbocycles. The number of hydrogen-bond acceptors (Lipinski definition) is 4. The summed E-state index contributed by atoms with van der Waals surface area (Å²) in [7, 11) is 0. The van der Waals surface area contributed by atoms with Gasteiger partial charge in [0.2, 0.25) is 0 Å². The Morgan fingerprint density at radius 1 is 1.53 bits per heavy atom. The van der Waals surface area contributed by atoms with Crippen LogP contribution in [0.4, 0.5) is 5.69 Å². The zero-order valence-electron chi connectivity index (χ0n) is 11.1. The third-order valence-corrected chi connectivity index (χ3v) is 3.31. The average Bonchev–Trinajstić information content (AvgIpc) is 2.34. The molecule has 19 heavy (non-hydrogen) atoms. The molecule has 1 rings (SSSR count). The summed E-state index contributed by atoms with van der Waals surface area (Å²) in [5, 5.41) is 3.25. The van der Waals surface area contributed by atoms with Gasteiger partial charge in [0, 0.05) is 22.7 Å². The lowest BCUT2D eigenvalue weighted by molar-refractivity contribution is 0.0505. The maximum Gasteiger partial charge on any atom is 0.339 e. The highest BCUT2D eigenvalue weighted by Crippen LogP contribution is 2.20. The van der Waals surface area contributed by atoms with Gasteiger partial charge < -0.3 is 15.8 Å². The van der Waals surface area contributed by atoms with Crippen LogP contribution in [0.3, 0.4) is 0 Å². The largest absolute Gasteiger partial charge is 0.461 e. The molecule has 3 N–H and O–H groups in total. The number of nitrogen functional groups attached to an aromatic ring is 1. The van der Waals surface area contributed by atoms with Crippen molar-refractivity contribution >= 4 is 40.0 Å². The van der Waals surface area contributed by atoms with E-state index in [2.05, 4.69) is 35.1 Å². The van der Waals surface area contributed by atoms with Crippen molar-refractivity contribution in [2.75, 3.05) is 18.9 Å². The molecule has 0 radical (unpaired) electrons. The second kappa shape index (κ2) is 9.18. The number of benzene rings is 1. The average molecular weight is 352 g/mol. The van der Waals surface area contributed by atoms with Crippen LogP contribution in [-0.4, -0.2) is 25.2 Å². The van der Waals surface area contributed by atoms with Gasteiger partial charge in [-0.25, -0.2) is 4.79 Å². The molecule has 0 aliphatic rings. The number of halogens is 2. The number of esters is 1. The summed E-state index contributed by atoms with van der Waals surface area (Å²) in [6.07, 6.45) is 1.05. The van der Waals surface area contributed by atoms with Gasteiger partial charge in [0.25, 0.3) is 0 Å². The molecule has 108 valence electrons. The standard InChI is InChI=1S/C13H19BrN2O2.ClH/c1-3-9(2)16-6-7-18-13(17)11-5-4-10(15)8-12(11)14;/h4-5,8-9,16H,3,6-7,15H2,1-2H3;1H. The van der Waals surface area contributed by atoms with Crippen LogP contribution in [0.5, 0.6) is 0 Å². The van der Waals surface area contributed by atoms with Crippen LogP contribution in [0.25, 0.3) is 0 Å². The Morgan fingerprint density at radius 3 is 2.79 bits per heavy atom. The zero-order valence-corrected chi connectivity index (χ0v) is 13.5. The van der Waals surface area contributed by atoms with Gasteiger partial charge in [-0.3, -0.25) is 0 Å². The van der Waals surface area contributed by atoms with Gasteiger partial charge in [-0.15, -0.1) is 12.4 Å². The van der Waals surface area contributed by atoms with E-state index in [1.165, 1.54) is 0 Å². The minimum Gasteiger partial charge on any atom is -0.461 e. The molecule has 1 atom stereocenters. The van der Waals surface area contributed by atoms with Crippen LogP contribution in [0.1, 0.15) is 30.6 Å². The molecule has 4 nitrogen and oxygen atoms in total. The molecule has 6 heteroatoms. The van der Waals surface area contributed by atoms with Gasteiger partial charge >= 0.3 is 5.97 Å². The van der Waals surface area contributed by atoms with E-state index >= 15 is 0 Å².